The predicted octanol–water partition coefficient (Wildman–Crippen LogP) is 3.60. The number of carbonyl (C=O) groups is 2. The molecule has 0 unspecified atom stereocenters. The minimum absolute atomic E-state index is 0.0398. The third-order valence-electron chi connectivity index (χ3n) is 4.90. The van der Waals surface area contributed by atoms with E-state index in [1.807, 2.05) is 6.07 Å². The van der Waals surface area contributed by atoms with E-state index >= 15 is 0 Å². The number of ether oxygens (including phenoxy) is 3. The molecule has 0 atom stereocenters. The number of aryl methyl sites for hydroxylation is 2. The molecule has 0 radical (unpaired) electrons. The van der Waals surface area contributed by atoms with Gasteiger partial charge in [0, 0.05) is 11.8 Å². The number of hydrogen-bond donors (Lipinski definition) is 1. The first kappa shape index (κ1) is 23.1. The van der Waals surface area contributed by atoms with Crippen molar-refractivity contribution in [3.05, 3.63) is 77.4 Å². The van der Waals surface area contributed by atoms with Gasteiger partial charge < -0.3 is 23.7 Å². The highest BCUT2D eigenvalue weighted by atomic mass is 32.2. The average Bonchev–Trinajstić information content (AvgIpc) is 3.27. The van der Waals surface area contributed by atoms with Crippen LogP contribution in [0.5, 0.6) is 17.2 Å². The van der Waals surface area contributed by atoms with Gasteiger partial charge in [0.15, 0.2) is 18.1 Å². The Balaban J connectivity index is 1.33. The maximum Gasteiger partial charge on any atom is 0.339 e. The molecule has 1 heterocycles. The first-order valence-electron chi connectivity index (χ1n) is 10.2. The number of hydrogen-bond acceptors (Lipinski definition) is 8. The Bertz CT molecular complexity index is 1350. The average molecular weight is 483 g/mol. The summed E-state index contributed by atoms with van der Waals surface area (Å²) < 4.78 is 45.9. The minimum Gasteiger partial charge on any atom is -0.454 e. The topological polar surface area (TPSA) is 117 Å². The normalized spacial score (nSPS) is 12.2. The number of amides is 1. The summed E-state index contributed by atoms with van der Waals surface area (Å²) in [6, 6.07) is 15.3. The number of nitrogens with one attached hydrogen (secondary N) is 1. The number of carbonyl (C=O) groups excluding carboxylic acids is 2. The van der Waals surface area contributed by atoms with Crippen molar-refractivity contribution < 1.29 is 36.4 Å². The van der Waals surface area contributed by atoms with Crippen LogP contribution in [0.25, 0.3) is 0 Å². The molecule has 0 aromatic heterocycles. The highest BCUT2D eigenvalue weighted by molar-refractivity contribution is 7.87. The molecular formula is C24H21NO8S. The Morgan fingerprint density at radius 3 is 2.44 bits per heavy atom. The van der Waals surface area contributed by atoms with Crippen LogP contribution >= 0.6 is 0 Å². The maximum atomic E-state index is 12.6. The first-order chi connectivity index (χ1) is 16.2. The summed E-state index contributed by atoms with van der Waals surface area (Å²) in [5, 5.41) is 2.60. The van der Waals surface area contributed by atoms with E-state index < -0.39 is 28.6 Å². The molecule has 4 rings (SSSR count). The molecule has 0 bridgehead atoms. The third-order valence-corrected chi connectivity index (χ3v) is 6.29. The fourth-order valence-corrected chi connectivity index (χ4v) is 4.43. The van der Waals surface area contributed by atoms with E-state index in [-0.39, 0.29) is 23.0 Å². The fourth-order valence-electron chi connectivity index (χ4n) is 3.18. The van der Waals surface area contributed by atoms with Gasteiger partial charge in [-0.2, -0.15) is 8.42 Å². The molecule has 9 nitrogen and oxygen atoms in total. The lowest BCUT2D eigenvalue weighted by atomic mass is 10.2. The molecule has 1 amide bonds. The Morgan fingerprint density at radius 1 is 0.941 bits per heavy atom. The number of anilines is 1. The van der Waals surface area contributed by atoms with Crippen molar-refractivity contribution in [2.24, 2.45) is 0 Å². The van der Waals surface area contributed by atoms with E-state index in [9.17, 15) is 18.0 Å². The predicted molar refractivity (Wildman–Crippen MR) is 122 cm³/mol. The molecule has 1 N–H and O–H groups in total. The first-order valence-corrected chi connectivity index (χ1v) is 11.6. The maximum absolute atomic E-state index is 12.6. The molecule has 34 heavy (non-hydrogen) atoms. The van der Waals surface area contributed by atoms with Crippen LogP contribution < -0.4 is 19.0 Å². The molecule has 0 spiro atoms. The molecule has 0 saturated heterocycles. The lowest BCUT2D eigenvalue weighted by molar-refractivity contribution is -0.119. The summed E-state index contributed by atoms with van der Waals surface area (Å²) in [6.07, 6.45) is 0. The monoisotopic (exact) mass is 483 g/mol. The standard InChI is InChI=1S/C24H21NO8S/c1-15-3-4-16(2)22(11-15)34(28,29)33-19-8-5-17(6-9-19)24(27)30-13-23(26)25-18-7-10-20-21(12-18)32-14-31-20/h3-12H,13-14H2,1-2H3,(H,25,26). The van der Waals surface area contributed by atoms with E-state index in [0.717, 1.165) is 5.56 Å². The largest absolute Gasteiger partial charge is 0.454 e. The Labute approximate surface area is 196 Å². The van der Waals surface area contributed by atoms with Gasteiger partial charge in [-0.05, 0) is 67.4 Å². The van der Waals surface area contributed by atoms with Crippen LogP contribution in [0.2, 0.25) is 0 Å². The van der Waals surface area contributed by atoms with Crippen molar-refractivity contribution in [3.63, 3.8) is 0 Å². The molecule has 0 fully saturated rings. The van der Waals surface area contributed by atoms with Gasteiger partial charge in [0.2, 0.25) is 6.79 Å². The van der Waals surface area contributed by atoms with E-state index in [1.54, 1.807) is 38.1 Å². The zero-order valence-corrected chi connectivity index (χ0v) is 19.2. The molecular weight excluding hydrogens is 462 g/mol. The van der Waals surface area contributed by atoms with Gasteiger partial charge >= 0.3 is 16.1 Å². The van der Waals surface area contributed by atoms with E-state index in [2.05, 4.69) is 5.32 Å². The van der Waals surface area contributed by atoms with Crippen molar-refractivity contribution in [3.8, 4) is 17.2 Å². The van der Waals surface area contributed by atoms with Crippen LogP contribution in [0.15, 0.2) is 65.6 Å². The van der Waals surface area contributed by atoms with Crippen LogP contribution in [-0.2, 0) is 19.6 Å². The van der Waals surface area contributed by atoms with Crippen LogP contribution in [0, 0.1) is 13.8 Å². The van der Waals surface area contributed by atoms with Crippen molar-refractivity contribution in [2.45, 2.75) is 18.7 Å². The van der Waals surface area contributed by atoms with Crippen molar-refractivity contribution >= 4 is 27.7 Å². The van der Waals surface area contributed by atoms with Crippen molar-refractivity contribution in [1.82, 2.24) is 0 Å². The number of benzene rings is 3. The van der Waals surface area contributed by atoms with Crippen molar-refractivity contribution in [1.29, 1.82) is 0 Å². The highest BCUT2D eigenvalue weighted by Gasteiger charge is 2.20. The lowest BCUT2D eigenvalue weighted by Gasteiger charge is -2.11. The van der Waals surface area contributed by atoms with Crippen LogP contribution in [0.1, 0.15) is 21.5 Å². The highest BCUT2D eigenvalue weighted by Crippen LogP contribution is 2.34. The van der Waals surface area contributed by atoms with Gasteiger partial charge in [-0.15, -0.1) is 0 Å². The Kier molecular flexibility index (Phi) is 6.42. The lowest BCUT2D eigenvalue weighted by Crippen LogP contribution is -2.20. The molecule has 10 heteroatoms. The SMILES string of the molecule is Cc1ccc(C)c(S(=O)(=O)Oc2ccc(C(=O)OCC(=O)Nc3ccc4c(c3)OCO4)cc2)c1. The number of rotatable bonds is 7. The second kappa shape index (κ2) is 9.44. The smallest absolute Gasteiger partial charge is 0.339 e. The van der Waals surface area contributed by atoms with Crippen LogP contribution in [0.3, 0.4) is 0 Å². The summed E-state index contributed by atoms with van der Waals surface area (Å²) in [4.78, 5) is 24.4. The molecule has 3 aromatic rings. The molecule has 1 aliphatic rings. The molecule has 3 aromatic carbocycles. The van der Waals surface area contributed by atoms with E-state index in [4.69, 9.17) is 18.4 Å². The van der Waals surface area contributed by atoms with E-state index in [1.165, 1.54) is 30.3 Å². The quantitative estimate of drug-likeness (QED) is 0.400. The zero-order valence-electron chi connectivity index (χ0n) is 18.4. The summed E-state index contributed by atoms with van der Waals surface area (Å²) in [6.45, 7) is 3.07. The summed E-state index contributed by atoms with van der Waals surface area (Å²) >= 11 is 0. The second-order valence-electron chi connectivity index (χ2n) is 7.52. The van der Waals surface area contributed by atoms with Gasteiger partial charge in [0.25, 0.3) is 5.91 Å². The van der Waals surface area contributed by atoms with Crippen LogP contribution in [-0.4, -0.2) is 33.7 Å². The van der Waals surface area contributed by atoms with Crippen molar-refractivity contribution in [2.75, 3.05) is 18.7 Å². The fraction of sp³-hybridized carbons (Fsp3) is 0.167. The third kappa shape index (κ3) is 5.29. The van der Waals surface area contributed by atoms with Crippen LogP contribution in [0.4, 0.5) is 5.69 Å². The Hall–Kier alpha value is -4.05. The molecule has 0 aliphatic carbocycles. The molecule has 0 saturated carbocycles. The van der Waals surface area contributed by atoms with Gasteiger partial charge in [0.05, 0.1) is 5.56 Å². The van der Waals surface area contributed by atoms with Gasteiger partial charge in [-0.25, -0.2) is 4.79 Å². The van der Waals surface area contributed by atoms with E-state index in [0.29, 0.717) is 22.7 Å². The molecule has 1 aliphatic heterocycles. The zero-order chi connectivity index (χ0) is 24.3. The van der Waals surface area contributed by atoms with Gasteiger partial charge in [0.1, 0.15) is 10.6 Å². The summed E-state index contributed by atoms with van der Waals surface area (Å²) in [5.74, 6) is -0.148. The molecule has 176 valence electrons. The number of esters is 1. The second-order valence-corrected chi connectivity index (χ2v) is 9.04. The number of fused-ring (bicyclic) bond motifs is 1. The Morgan fingerprint density at radius 2 is 1.68 bits per heavy atom. The van der Waals surface area contributed by atoms with Gasteiger partial charge in [-0.1, -0.05) is 12.1 Å². The minimum atomic E-state index is -4.04. The summed E-state index contributed by atoms with van der Waals surface area (Å²) in [7, 11) is -4.04. The van der Waals surface area contributed by atoms with Gasteiger partial charge in [-0.3, -0.25) is 4.79 Å². The summed E-state index contributed by atoms with van der Waals surface area (Å²) in [5.41, 5.74) is 1.95.